The summed E-state index contributed by atoms with van der Waals surface area (Å²) < 4.78 is 0.861. The summed E-state index contributed by atoms with van der Waals surface area (Å²) in [5, 5.41) is 7.38. The first-order valence-electron chi connectivity index (χ1n) is 7.56. The van der Waals surface area contributed by atoms with Crippen LogP contribution >= 0.6 is 34.5 Å². The zero-order chi connectivity index (χ0) is 18.0. The van der Waals surface area contributed by atoms with Crippen LogP contribution in [-0.4, -0.2) is 11.8 Å². The number of nitrogens with one attached hydrogen (secondary N) is 2. The van der Waals surface area contributed by atoms with Gasteiger partial charge in [-0.3, -0.25) is 9.59 Å². The zero-order valence-electron chi connectivity index (χ0n) is 13.2. The molecule has 0 fully saturated rings. The third kappa shape index (κ3) is 3.95. The molecule has 3 rings (SSSR count). The molecule has 0 aliphatic rings. The van der Waals surface area contributed by atoms with Crippen molar-refractivity contribution in [3.8, 4) is 0 Å². The average molecular weight is 393 g/mol. The lowest BCUT2D eigenvalue weighted by molar-refractivity contribution is -0.115. The number of hydrogen-bond donors (Lipinski definition) is 2. The number of hydrogen-bond acceptors (Lipinski definition) is 3. The van der Waals surface area contributed by atoms with Crippen molar-refractivity contribution in [2.45, 2.75) is 13.3 Å². The quantitative estimate of drug-likeness (QED) is 0.588. The highest BCUT2D eigenvalue weighted by Crippen LogP contribution is 2.37. The number of thiophene rings is 1. The van der Waals surface area contributed by atoms with E-state index in [2.05, 4.69) is 10.6 Å². The highest BCUT2D eigenvalue weighted by Gasteiger charge is 2.17. The summed E-state index contributed by atoms with van der Waals surface area (Å²) >= 11 is 13.6. The molecule has 7 heteroatoms. The fraction of sp³-hybridized carbons (Fsp3) is 0.111. The third-order valence-electron chi connectivity index (χ3n) is 3.55. The maximum Gasteiger partial charge on any atom is 0.267 e. The smallest absolute Gasteiger partial charge is 0.267 e. The highest BCUT2D eigenvalue weighted by molar-refractivity contribution is 7.21. The van der Waals surface area contributed by atoms with Crippen molar-refractivity contribution in [3.63, 3.8) is 0 Å². The number of halogens is 2. The predicted octanol–water partition coefficient (Wildman–Crippen LogP) is 5.81. The monoisotopic (exact) mass is 392 g/mol. The van der Waals surface area contributed by atoms with Crippen LogP contribution in [0.25, 0.3) is 10.1 Å². The lowest BCUT2D eigenvalue weighted by Gasteiger charge is -2.07. The number of carbonyl (C=O) groups excluding carboxylic acids is 2. The van der Waals surface area contributed by atoms with Crippen LogP contribution < -0.4 is 10.6 Å². The Kier molecular flexibility index (Phi) is 5.27. The van der Waals surface area contributed by atoms with E-state index in [1.807, 2.05) is 0 Å². The van der Waals surface area contributed by atoms with Crippen molar-refractivity contribution in [2.75, 3.05) is 10.6 Å². The molecule has 2 aromatic carbocycles. The van der Waals surface area contributed by atoms with Gasteiger partial charge in [0, 0.05) is 32.9 Å². The number of anilines is 2. The lowest BCUT2D eigenvalue weighted by atomic mass is 10.2. The Morgan fingerprint density at radius 2 is 1.64 bits per heavy atom. The van der Waals surface area contributed by atoms with Gasteiger partial charge in [0.2, 0.25) is 5.91 Å². The highest BCUT2D eigenvalue weighted by atomic mass is 35.5. The summed E-state index contributed by atoms with van der Waals surface area (Å²) in [7, 11) is 0. The second-order valence-corrected chi connectivity index (χ2v) is 7.19. The van der Waals surface area contributed by atoms with Gasteiger partial charge in [-0.2, -0.15) is 0 Å². The van der Waals surface area contributed by atoms with Gasteiger partial charge < -0.3 is 10.6 Å². The van der Waals surface area contributed by atoms with Crippen LogP contribution in [0.4, 0.5) is 11.4 Å². The minimum atomic E-state index is -0.285. The van der Waals surface area contributed by atoms with Gasteiger partial charge in [-0.15, -0.1) is 11.3 Å². The summed E-state index contributed by atoms with van der Waals surface area (Å²) in [4.78, 5) is 24.3. The van der Waals surface area contributed by atoms with Gasteiger partial charge in [0.15, 0.2) is 0 Å². The molecule has 0 unspecified atom stereocenters. The van der Waals surface area contributed by atoms with Crippen LogP contribution in [0.1, 0.15) is 23.0 Å². The van der Waals surface area contributed by atoms with Crippen LogP contribution in [0.5, 0.6) is 0 Å². The second-order valence-electron chi connectivity index (χ2n) is 5.32. The van der Waals surface area contributed by atoms with Crippen LogP contribution in [0.15, 0.2) is 42.5 Å². The molecule has 0 spiro atoms. The largest absolute Gasteiger partial charge is 0.326 e. The van der Waals surface area contributed by atoms with Crippen molar-refractivity contribution in [2.24, 2.45) is 0 Å². The Labute approximate surface area is 158 Å². The fourth-order valence-corrected chi connectivity index (χ4v) is 3.95. The lowest BCUT2D eigenvalue weighted by Crippen LogP contribution is -2.11. The molecule has 1 heterocycles. The maximum atomic E-state index is 12.5. The van der Waals surface area contributed by atoms with E-state index < -0.39 is 0 Å². The molecular formula is C18H14Cl2N2O2S. The van der Waals surface area contributed by atoms with Crippen molar-refractivity contribution in [1.29, 1.82) is 0 Å². The zero-order valence-corrected chi connectivity index (χ0v) is 15.6. The van der Waals surface area contributed by atoms with Crippen molar-refractivity contribution < 1.29 is 9.59 Å². The van der Waals surface area contributed by atoms with Crippen LogP contribution in [0.2, 0.25) is 10.0 Å². The number of benzene rings is 2. The van der Waals surface area contributed by atoms with Crippen LogP contribution in [0.3, 0.4) is 0 Å². The van der Waals surface area contributed by atoms with Crippen molar-refractivity contribution in [1.82, 2.24) is 0 Å². The predicted molar refractivity (Wildman–Crippen MR) is 105 cm³/mol. The van der Waals surface area contributed by atoms with E-state index in [-0.39, 0.29) is 11.8 Å². The Bertz CT molecular complexity index is 952. The minimum absolute atomic E-state index is 0.0625. The van der Waals surface area contributed by atoms with E-state index in [1.54, 1.807) is 49.4 Å². The van der Waals surface area contributed by atoms with E-state index in [0.29, 0.717) is 32.7 Å². The molecule has 25 heavy (non-hydrogen) atoms. The molecular weight excluding hydrogens is 379 g/mol. The minimum Gasteiger partial charge on any atom is -0.326 e. The third-order valence-corrected chi connectivity index (χ3v) is 5.44. The van der Waals surface area contributed by atoms with Gasteiger partial charge in [0.25, 0.3) is 5.91 Å². The normalized spacial score (nSPS) is 10.7. The standard InChI is InChI=1S/C18H14Cl2N2O2S/c1-2-15(23)21-11-4-6-12(7-5-11)22-18(24)17-16(20)13-8-3-10(19)9-14(13)25-17/h3-9H,2H2,1H3,(H,21,23)(H,22,24). The Morgan fingerprint density at radius 3 is 2.28 bits per heavy atom. The molecule has 128 valence electrons. The summed E-state index contributed by atoms with van der Waals surface area (Å²) in [6.45, 7) is 1.78. The van der Waals surface area contributed by atoms with E-state index in [9.17, 15) is 9.59 Å². The Morgan fingerprint density at radius 1 is 1.00 bits per heavy atom. The number of fused-ring (bicyclic) bond motifs is 1. The number of rotatable bonds is 4. The topological polar surface area (TPSA) is 58.2 Å². The Hall–Kier alpha value is -2.08. The van der Waals surface area contributed by atoms with Crippen LogP contribution in [0, 0.1) is 0 Å². The van der Waals surface area contributed by atoms with Crippen molar-refractivity contribution >= 4 is 67.8 Å². The first-order chi connectivity index (χ1) is 12.0. The molecule has 0 aliphatic heterocycles. The molecule has 0 saturated carbocycles. The summed E-state index contributed by atoms with van der Waals surface area (Å²) in [6, 6.07) is 12.2. The van der Waals surface area contributed by atoms with Crippen molar-refractivity contribution in [3.05, 3.63) is 57.4 Å². The van der Waals surface area contributed by atoms with Crippen LogP contribution in [-0.2, 0) is 4.79 Å². The van der Waals surface area contributed by atoms with E-state index in [1.165, 1.54) is 11.3 Å². The summed E-state index contributed by atoms with van der Waals surface area (Å²) in [6.07, 6.45) is 0.410. The molecule has 2 N–H and O–H groups in total. The molecule has 0 saturated heterocycles. The first kappa shape index (κ1) is 17.7. The molecule has 4 nitrogen and oxygen atoms in total. The van der Waals surface area contributed by atoms with Gasteiger partial charge in [0.05, 0.1) is 5.02 Å². The molecule has 0 radical (unpaired) electrons. The number of carbonyl (C=O) groups is 2. The Balaban J connectivity index is 1.78. The average Bonchev–Trinajstić information content (AvgIpc) is 2.92. The summed E-state index contributed by atoms with van der Waals surface area (Å²) in [5.74, 6) is -0.347. The van der Waals surface area contributed by atoms with Gasteiger partial charge in [0.1, 0.15) is 4.88 Å². The molecule has 2 amide bonds. The van der Waals surface area contributed by atoms with E-state index in [0.717, 1.165) is 10.1 Å². The van der Waals surface area contributed by atoms with Gasteiger partial charge in [-0.05, 0) is 36.4 Å². The van der Waals surface area contributed by atoms with Gasteiger partial charge >= 0.3 is 0 Å². The van der Waals surface area contributed by atoms with Gasteiger partial charge in [-0.25, -0.2) is 0 Å². The first-order valence-corrected chi connectivity index (χ1v) is 9.14. The molecule has 0 aliphatic carbocycles. The maximum absolute atomic E-state index is 12.5. The SMILES string of the molecule is CCC(=O)Nc1ccc(NC(=O)c2sc3cc(Cl)ccc3c2Cl)cc1. The molecule has 0 bridgehead atoms. The molecule has 0 atom stereocenters. The van der Waals surface area contributed by atoms with E-state index >= 15 is 0 Å². The van der Waals surface area contributed by atoms with Gasteiger partial charge in [-0.1, -0.05) is 36.2 Å². The second kappa shape index (κ2) is 7.44. The number of amides is 2. The molecule has 1 aromatic heterocycles. The summed E-state index contributed by atoms with van der Waals surface area (Å²) in [5.41, 5.74) is 1.30. The molecule has 3 aromatic rings. The fourth-order valence-electron chi connectivity index (χ4n) is 2.26. The van der Waals surface area contributed by atoms with E-state index in [4.69, 9.17) is 23.2 Å².